The highest BCUT2D eigenvalue weighted by Gasteiger charge is 2.31. The summed E-state index contributed by atoms with van der Waals surface area (Å²) >= 11 is 11.6. The molecule has 13 heteroatoms. The summed E-state index contributed by atoms with van der Waals surface area (Å²) in [5.41, 5.74) is -1.24. The van der Waals surface area contributed by atoms with E-state index in [1.807, 2.05) is 0 Å². The quantitative estimate of drug-likeness (QED) is 0.255. The summed E-state index contributed by atoms with van der Waals surface area (Å²) in [4.78, 5) is 26.3. The predicted octanol–water partition coefficient (Wildman–Crippen LogP) is 4.56. The van der Waals surface area contributed by atoms with E-state index < -0.39 is 22.6 Å². The highest BCUT2D eigenvalue weighted by Crippen LogP contribution is 2.33. The molecule has 2 rings (SSSR count). The van der Waals surface area contributed by atoms with Crippen molar-refractivity contribution >= 4 is 40.5 Å². The van der Waals surface area contributed by atoms with Gasteiger partial charge in [0.2, 0.25) is 5.88 Å². The molecule has 162 valence electrons. The van der Waals surface area contributed by atoms with Crippen LogP contribution < -0.4 is 15.4 Å². The lowest BCUT2D eigenvalue weighted by atomic mass is 10.1. The Balaban J connectivity index is 1.93. The Morgan fingerprint density at radius 3 is 2.57 bits per heavy atom. The summed E-state index contributed by atoms with van der Waals surface area (Å²) in [6.07, 6.45) is -4.38. The van der Waals surface area contributed by atoms with Gasteiger partial charge in [0.05, 0.1) is 27.7 Å². The first-order valence-corrected chi connectivity index (χ1v) is 9.10. The van der Waals surface area contributed by atoms with Crippen molar-refractivity contribution in [1.29, 1.82) is 0 Å². The molecule has 0 spiro atoms. The normalized spacial score (nSPS) is 11.1. The fourth-order valence-electron chi connectivity index (χ4n) is 2.34. The molecule has 0 aliphatic heterocycles. The molecule has 0 aliphatic rings. The SMILES string of the molecule is CNc1cc(Cl)c(C(=O)NCCCOc2cc(C(F)(F)F)cc(Cl)n2)cc1[N+](=O)[O-]. The maximum Gasteiger partial charge on any atom is 0.416 e. The molecule has 0 atom stereocenters. The molecular weight excluding hydrogens is 452 g/mol. The maximum absolute atomic E-state index is 12.8. The standard InChI is InChI=1S/C17H15Cl2F3N4O4/c1-23-12-8-11(18)10(7-13(12)26(28)29)16(27)24-3-2-4-30-15-6-9(17(20,21)22)5-14(19)25-15/h5-8,23H,2-4H2,1H3,(H,24,27). The van der Waals surface area contributed by atoms with Gasteiger partial charge < -0.3 is 15.4 Å². The molecule has 0 fully saturated rings. The highest BCUT2D eigenvalue weighted by atomic mass is 35.5. The van der Waals surface area contributed by atoms with E-state index in [9.17, 15) is 28.1 Å². The third-order valence-corrected chi connectivity index (χ3v) is 4.26. The van der Waals surface area contributed by atoms with Gasteiger partial charge in [0.1, 0.15) is 10.8 Å². The molecule has 0 bridgehead atoms. The first-order chi connectivity index (χ1) is 14.0. The number of benzene rings is 1. The number of nitro benzene ring substituents is 1. The van der Waals surface area contributed by atoms with Gasteiger partial charge in [0.25, 0.3) is 11.6 Å². The summed E-state index contributed by atoms with van der Waals surface area (Å²) < 4.78 is 43.4. The number of carbonyl (C=O) groups is 1. The van der Waals surface area contributed by atoms with Crippen molar-refractivity contribution in [3.63, 3.8) is 0 Å². The van der Waals surface area contributed by atoms with Crippen LogP contribution in [0.3, 0.4) is 0 Å². The van der Waals surface area contributed by atoms with Crippen LogP contribution >= 0.6 is 23.2 Å². The number of hydrogen-bond donors (Lipinski definition) is 2. The minimum Gasteiger partial charge on any atom is -0.478 e. The fourth-order valence-corrected chi connectivity index (χ4v) is 2.79. The van der Waals surface area contributed by atoms with Gasteiger partial charge in [-0.05, 0) is 18.6 Å². The first kappa shape index (κ1) is 23.5. The van der Waals surface area contributed by atoms with Crippen LogP contribution in [0.25, 0.3) is 0 Å². The van der Waals surface area contributed by atoms with Crippen molar-refractivity contribution in [3.8, 4) is 5.88 Å². The van der Waals surface area contributed by atoms with Gasteiger partial charge in [-0.2, -0.15) is 13.2 Å². The monoisotopic (exact) mass is 466 g/mol. The maximum atomic E-state index is 12.8. The van der Waals surface area contributed by atoms with Crippen LogP contribution in [-0.2, 0) is 6.18 Å². The Morgan fingerprint density at radius 2 is 1.97 bits per heavy atom. The Morgan fingerprint density at radius 1 is 1.27 bits per heavy atom. The number of hydrogen-bond acceptors (Lipinski definition) is 6. The van der Waals surface area contributed by atoms with E-state index in [1.165, 1.54) is 13.1 Å². The lowest BCUT2D eigenvalue weighted by molar-refractivity contribution is -0.384. The second-order valence-electron chi connectivity index (χ2n) is 5.83. The van der Waals surface area contributed by atoms with E-state index in [0.717, 1.165) is 6.07 Å². The summed E-state index contributed by atoms with van der Waals surface area (Å²) in [7, 11) is 1.48. The summed E-state index contributed by atoms with van der Waals surface area (Å²) in [5, 5.41) is 15.9. The third-order valence-electron chi connectivity index (χ3n) is 3.75. The number of rotatable bonds is 8. The van der Waals surface area contributed by atoms with Gasteiger partial charge >= 0.3 is 6.18 Å². The van der Waals surface area contributed by atoms with Crippen molar-refractivity contribution in [2.24, 2.45) is 0 Å². The molecule has 1 aromatic carbocycles. The van der Waals surface area contributed by atoms with E-state index in [0.29, 0.717) is 12.1 Å². The van der Waals surface area contributed by atoms with Crippen LogP contribution in [-0.4, -0.2) is 36.0 Å². The van der Waals surface area contributed by atoms with Crippen LogP contribution in [0.15, 0.2) is 24.3 Å². The number of nitrogens with zero attached hydrogens (tertiary/aromatic N) is 2. The molecule has 0 saturated carbocycles. The number of ether oxygens (including phenoxy) is 1. The minimum absolute atomic E-state index is 0.0153. The molecule has 1 amide bonds. The molecule has 1 heterocycles. The molecule has 30 heavy (non-hydrogen) atoms. The predicted molar refractivity (Wildman–Crippen MR) is 104 cm³/mol. The van der Waals surface area contributed by atoms with Crippen LogP contribution in [0.5, 0.6) is 5.88 Å². The highest BCUT2D eigenvalue weighted by molar-refractivity contribution is 6.34. The molecule has 0 unspecified atom stereocenters. The Kier molecular flexibility index (Phi) is 7.68. The molecule has 2 aromatic rings. The Hall–Kier alpha value is -2.79. The van der Waals surface area contributed by atoms with Gasteiger partial charge in [0, 0.05) is 25.7 Å². The number of nitrogens with one attached hydrogen (secondary N) is 2. The Labute approximate surface area is 178 Å². The van der Waals surface area contributed by atoms with Gasteiger partial charge in [-0.15, -0.1) is 0 Å². The summed E-state index contributed by atoms with van der Waals surface area (Å²) in [5.74, 6) is -0.950. The summed E-state index contributed by atoms with van der Waals surface area (Å²) in [6, 6.07) is 3.71. The number of anilines is 1. The fraction of sp³-hybridized carbons (Fsp3) is 0.294. The van der Waals surface area contributed by atoms with Crippen molar-refractivity contribution in [2.45, 2.75) is 12.6 Å². The lowest BCUT2D eigenvalue weighted by Crippen LogP contribution is -2.26. The van der Waals surface area contributed by atoms with Gasteiger partial charge in [0.15, 0.2) is 0 Å². The smallest absolute Gasteiger partial charge is 0.416 e. The third kappa shape index (κ3) is 6.10. The number of halogens is 5. The van der Waals surface area contributed by atoms with E-state index in [4.69, 9.17) is 27.9 Å². The van der Waals surface area contributed by atoms with Crippen molar-refractivity contribution < 1.29 is 27.6 Å². The number of aromatic nitrogens is 1. The van der Waals surface area contributed by atoms with E-state index in [-0.39, 0.29) is 52.6 Å². The van der Waals surface area contributed by atoms with Crippen LogP contribution in [0, 0.1) is 10.1 Å². The summed E-state index contributed by atoms with van der Waals surface area (Å²) in [6.45, 7) is 0.0148. The average Bonchev–Trinajstić information content (AvgIpc) is 2.65. The molecule has 0 aliphatic carbocycles. The van der Waals surface area contributed by atoms with Crippen molar-refractivity contribution in [2.75, 3.05) is 25.5 Å². The van der Waals surface area contributed by atoms with Gasteiger partial charge in [-0.3, -0.25) is 14.9 Å². The first-order valence-electron chi connectivity index (χ1n) is 8.34. The zero-order valence-corrected chi connectivity index (χ0v) is 16.9. The second-order valence-corrected chi connectivity index (χ2v) is 6.62. The van der Waals surface area contributed by atoms with Crippen LogP contribution in [0.4, 0.5) is 24.5 Å². The lowest BCUT2D eigenvalue weighted by Gasteiger charge is -2.11. The zero-order valence-electron chi connectivity index (χ0n) is 15.3. The van der Waals surface area contributed by atoms with Crippen LogP contribution in [0.1, 0.15) is 22.3 Å². The van der Waals surface area contributed by atoms with Crippen LogP contribution in [0.2, 0.25) is 10.2 Å². The van der Waals surface area contributed by atoms with E-state index >= 15 is 0 Å². The average molecular weight is 467 g/mol. The number of amides is 1. The number of nitro groups is 1. The van der Waals surface area contributed by atoms with E-state index in [2.05, 4.69) is 15.6 Å². The number of pyridine rings is 1. The van der Waals surface area contributed by atoms with Crippen molar-refractivity contribution in [3.05, 3.63) is 55.7 Å². The molecular formula is C17H15Cl2F3N4O4. The largest absolute Gasteiger partial charge is 0.478 e. The Bertz CT molecular complexity index is 957. The zero-order chi connectivity index (χ0) is 22.5. The second kappa shape index (κ2) is 9.81. The molecule has 0 radical (unpaired) electrons. The molecule has 0 saturated heterocycles. The van der Waals surface area contributed by atoms with Gasteiger partial charge in [-0.1, -0.05) is 23.2 Å². The molecule has 1 aromatic heterocycles. The molecule has 8 nitrogen and oxygen atoms in total. The topological polar surface area (TPSA) is 106 Å². The number of alkyl halides is 3. The van der Waals surface area contributed by atoms with Crippen molar-refractivity contribution in [1.82, 2.24) is 10.3 Å². The van der Waals surface area contributed by atoms with E-state index in [1.54, 1.807) is 0 Å². The van der Waals surface area contributed by atoms with Gasteiger partial charge in [-0.25, -0.2) is 4.98 Å². The number of carbonyl (C=O) groups excluding carboxylic acids is 1. The minimum atomic E-state index is -4.59. The molecule has 2 N–H and O–H groups in total.